The van der Waals surface area contributed by atoms with Gasteiger partial charge in [0.05, 0.1) is 27.8 Å². The molecule has 0 unspecified atom stereocenters. The zero-order valence-corrected chi connectivity index (χ0v) is 10.6. The Balaban J connectivity index is 2.45. The fraction of sp³-hybridized carbons (Fsp3) is 0. The van der Waals surface area contributed by atoms with Gasteiger partial charge in [-0.2, -0.15) is 5.26 Å². The lowest BCUT2D eigenvalue weighted by Crippen LogP contribution is -2.03. The van der Waals surface area contributed by atoms with Crippen LogP contribution in [0, 0.1) is 21.4 Å². The summed E-state index contributed by atoms with van der Waals surface area (Å²) in [6.45, 7) is 0. The zero-order valence-electron chi connectivity index (χ0n) is 10.6. The fourth-order valence-electron chi connectivity index (χ4n) is 1.76. The summed E-state index contributed by atoms with van der Waals surface area (Å²) in [5.74, 6) is -1.20. The Kier molecular flexibility index (Phi) is 3.81. The van der Waals surface area contributed by atoms with Crippen molar-refractivity contribution in [2.24, 2.45) is 0 Å². The van der Waals surface area contributed by atoms with Gasteiger partial charge < -0.3 is 10.4 Å². The van der Waals surface area contributed by atoms with Gasteiger partial charge in [-0.1, -0.05) is 6.07 Å². The average Bonchev–Trinajstić information content (AvgIpc) is 2.47. The Labute approximate surface area is 119 Å². The standard InChI is InChI=1S/C14H9N3O4/c15-8-9-2-1-3-10(6-9)16-13-7-11(17(20)21)4-5-12(13)14(18)19/h1-7,16H,(H,18,19). The first-order valence-corrected chi connectivity index (χ1v) is 5.80. The summed E-state index contributed by atoms with van der Waals surface area (Å²) in [5, 5.41) is 31.5. The number of carboxylic acid groups (broad SMARTS) is 1. The lowest BCUT2D eigenvalue weighted by molar-refractivity contribution is -0.384. The second-order valence-electron chi connectivity index (χ2n) is 4.11. The van der Waals surface area contributed by atoms with Gasteiger partial charge in [0.1, 0.15) is 0 Å². The molecule has 0 bridgehead atoms. The number of carbonyl (C=O) groups is 1. The molecular weight excluding hydrogens is 274 g/mol. The van der Waals surface area contributed by atoms with Gasteiger partial charge in [-0.05, 0) is 24.3 Å². The molecule has 2 aromatic carbocycles. The quantitative estimate of drug-likeness (QED) is 0.658. The highest BCUT2D eigenvalue weighted by molar-refractivity contribution is 5.95. The van der Waals surface area contributed by atoms with Crippen molar-refractivity contribution in [1.82, 2.24) is 0 Å². The van der Waals surface area contributed by atoms with Crippen LogP contribution >= 0.6 is 0 Å². The molecule has 0 spiro atoms. The monoisotopic (exact) mass is 283 g/mol. The summed E-state index contributed by atoms with van der Waals surface area (Å²) in [5.41, 5.74) is 0.632. The molecule has 0 aliphatic carbocycles. The Morgan fingerprint density at radius 1 is 1.29 bits per heavy atom. The molecule has 0 fully saturated rings. The van der Waals surface area contributed by atoms with E-state index in [0.29, 0.717) is 11.3 Å². The molecule has 0 aliphatic rings. The molecule has 0 atom stereocenters. The molecule has 104 valence electrons. The number of non-ortho nitro benzene ring substituents is 1. The lowest BCUT2D eigenvalue weighted by Gasteiger charge is -2.09. The van der Waals surface area contributed by atoms with Crippen LogP contribution in [0.25, 0.3) is 0 Å². The van der Waals surface area contributed by atoms with Gasteiger partial charge in [0.2, 0.25) is 0 Å². The minimum Gasteiger partial charge on any atom is -0.478 e. The van der Waals surface area contributed by atoms with E-state index in [1.165, 1.54) is 6.07 Å². The predicted octanol–water partition coefficient (Wildman–Crippen LogP) is 2.91. The SMILES string of the molecule is N#Cc1cccc(Nc2cc([N+](=O)[O-])ccc2C(=O)O)c1. The van der Waals surface area contributed by atoms with E-state index in [9.17, 15) is 14.9 Å². The number of carboxylic acids is 1. The largest absolute Gasteiger partial charge is 0.478 e. The maximum atomic E-state index is 11.2. The van der Waals surface area contributed by atoms with Crippen LogP contribution in [0.1, 0.15) is 15.9 Å². The molecule has 2 aromatic rings. The summed E-state index contributed by atoms with van der Waals surface area (Å²) in [6, 6.07) is 11.8. The van der Waals surface area contributed by atoms with E-state index in [4.69, 9.17) is 10.4 Å². The van der Waals surface area contributed by atoms with Crippen LogP contribution in [0.5, 0.6) is 0 Å². The highest BCUT2D eigenvalue weighted by Gasteiger charge is 2.15. The second-order valence-corrected chi connectivity index (χ2v) is 4.11. The molecule has 0 radical (unpaired) electrons. The predicted molar refractivity (Wildman–Crippen MR) is 74.5 cm³/mol. The number of nitriles is 1. The normalized spacial score (nSPS) is 9.67. The number of nitro benzene ring substituents is 1. The highest BCUT2D eigenvalue weighted by atomic mass is 16.6. The first-order chi connectivity index (χ1) is 10.0. The maximum Gasteiger partial charge on any atom is 0.337 e. The minimum atomic E-state index is -1.20. The summed E-state index contributed by atoms with van der Waals surface area (Å²) in [4.78, 5) is 21.3. The third-order valence-corrected chi connectivity index (χ3v) is 2.72. The molecule has 2 rings (SSSR count). The topological polar surface area (TPSA) is 116 Å². The number of aromatic carboxylic acids is 1. The van der Waals surface area contributed by atoms with E-state index in [0.717, 1.165) is 18.2 Å². The first kappa shape index (κ1) is 14.0. The van der Waals surface area contributed by atoms with E-state index in [-0.39, 0.29) is 16.9 Å². The summed E-state index contributed by atoms with van der Waals surface area (Å²) >= 11 is 0. The molecule has 21 heavy (non-hydrogen) atoms. The average molecular weight is 283 g/mol. The van der Waals surface area contributed by atoms with Crippen molar-refractivity contribution in [3.8, 4) is 6.07 Å². The molecule has 0 heterocycles. The zero-order chi connectivity index (χ0) is 15.4. The Hall–Kier alpha value is -3.40. The Morgan fingerprint density at radius 3 is 2.67 bits per heavy atom. The van der Waals surface area contributed by atoms with E-state index >= 15 is 0 Å². The molecule has 0 aliphatic heterocycles. The third-order valence-electron chi connectivity index (χ3n) is 2.72. The fourth-order valence-corrected chi connectivity index (χ4v) is 1.76. The summed E-state index contributed by atoms with van der Waals surface area (Å²) in [6.07, 6.45) is 0. The molecule has 2 N–H and O–H groups in total. The number of hydrogen-bond donors (Lipinski definition) is 2. The van der Waals surface area contributed by atoms with Crippen molar-refractivity contribution in [2.75, 3.05) is 5.32 Å². The first-order valence-electron chi connectivity index (χ1n) is 5.80. The van der Waals surface area contributed by atoms with Gasteiger partial charge in [0, 0.05) is 17.8 Å². The van der Waals surface area contributed by atoms with Gasteiger partial charge in [0.15, 0.2) is 0 Å². The molecule has 0 aromatic heterocycles. The van der Waals surface area contributed by atoms with Crippen molar-refractivity contribution in [3.63, 3.8) is 0 Å². The number of nitro groups is 1. The van der Waals surface area contributed by atoms with Crippen molar-refractivity contribution in [3.05, 3.63) is 63.7 Å². The van der Waals surface area contributed by atoms with E-state index < -0.39 is 10.9 Å². The van der Waals surface area contributed by atoms with Crippen molar-refractivity contribution < 1.29 is 14.8 Å². The molecule has 7 heteroatoms. The highest BCUT2D eigenvalue weighted by Crippen LogP contribution is 2.26. The molecule has 0 amide bonds. The summed E-state index contributed by atoms with van der Waals surface area (Å²) < 4.78 is 0. The van der Waals surface area contributed by atoms with Gasteiger partial charge in [-0.25, -0.2) is 4.79 Å². The number of nitrogens with one attached hydrogen (secondary N) is 1. The number of benzene rings is 2. The van der Waals surface area contributed by atoms with Crippen molar-refractivity contribution in [2.45, 2.75) is 0 Å². The van der Waals surface area contributed by atoms with Crippen molar-refractivity contribution in [1.29, 1.82) is 5.26 Å². The smallest absolute Gasteiger partial charge is 0.337 e. The van der Waals surface area contributed by atoms with Crippen LogP contribution in [0.4, 0.5) is 17.1 Å². The Bertz CT molecular complexity index is 765. The molecule has 0 saturated heterocycles. The second kappa shape index (κ2) is 5.71. The van der Waals surface area contributed by atoms with E-state index in [1.807, 2.05) is 6.07 Å². The van der Waals surface area contributed by atoms with Crippen LogP contribution < -0.4 is 5.32 Å². The number of anilines is 2. The summed E-state index contributed by atoms with van der Waals surface area (Å²) in [7, 11) is 0. The number of hydrogen-bond acceptors (Lipinski definition) is 5. The molecular formula is C14H9N3O4. The van der Waals surface area contributed by atoms with E-state index in [2.05, 4.69) is 5.32 Å². The minimum absolute atomic E-state index is 0.0896. The molecule has 0 saturated carbocycles. The maximum absolute atomic E-state index is 11.2. The van der Waals surface area contributed by atoms with Crippen LogP contribution in [-0.4, -0.2) is 16.0 Å². The van der Waals surface area contributed by atoms with Crippen LogP contribution in [0.2, 0.25) is 0 Å². The van der Waals surface area contributed by atoms with Crippen LogP contribution in [-0.2, 0) is 0 Å². The van der Waals surface area contributed by atoms with Gasteiger partial charge in [-0.3, -0.25) is 10.1 Å². The lowest BCUT2D eigenvalue weighted by atomic mass is 10.1. The third kappa shape index (κ3) is 3.13. The number of rotatable bonds is 4. The number of nitrogens with zero attached hydrogens (tertiary/aromatic N) is 2. The molecule has 7 nitrogen and oxygen atoms in total. The van der Waals surface area contributed by atoms with Crippen LogP contribution in [0.3, 0.4) is 0 Å². The van der Waals surface area contributed by atoms with E-state index in [1.54, 1.807) is 18.2 Å². The van der Waals surface area contributed by atoms with Gasteiger partial charge >= 0.3 is 5.97 Å². The Morgan fingerprint density at radius 2 is 2.05 bits per heavy atom. The van der Waals surface area contributed by atoms with Crippen molar-refractivity contribution >= 4 is 23.0 Å². The van der Waals surface area contributed by atoms with Gasteiger partial charge in [-0.15, -0.1) is 0 Å². The van der Waals surface area contributed by atoms with Crippen LogP contribution in [0.15, 0.2) is 42.5 Å². The van der Waals surface area contributed by atoms with Gasteiger partial charge in [0.25, 0.3) is 5.69 Å².